The molecular weight excluding hydrogens is 182 g/mol. The molecule has 1 rings (SSSR count). The van der Waals surface area contributed by atoms with Gasteiger partial charge in [0.15, 0.2) is 11.5 Å². The van der Waals surface area contributed by atoms with Gasteiger partial charge in [-0.3, -0.25) is 0 Å². The van der Waals surface area contributed by atoms with E-state index in [9.17, 15) is 5.11 Å². The van der Waals surface area contributed by atoms with Crippen LogP contribution < -0.4 is 10.5 Å². The van der Waals surface area contributed by atoms with Gasteiger partial charge in [0.2, 0.25) is 0 Å². The number of aliphatic hydroxyl groups is 1. The number of methoxy groups -OCH3 is 1. The van der Waals surface area contributed by atoms with Gasteiger partial charge in [0.25, 0.3) is 0 Å². The maximum atomic E-state index is 9.45. The van der Waals surface area contributed by atoms with E-state index in [0.29, 0.717) is 12.2 Å². The summed E-state index contributed by atoms with van der Waals surface area (Å²) < 4.78 is 5.03. The Morgan fingerprint density at radius 2 is 2.21 bits per heavy atom. The molecule has 14 heavy (non-hydrogen) atoms. The summed E-state index contributed by atoms with van der Waals surface area (Å²) >= 11 is 0. The van der Waals surface area contributed by atoms with Gasteiger partial charge in [-0.05, 0) is 18.1 Å². The third-order valence-electron chi connectivity index (χ3n) is 2.00. The van der Waals surface area contributed by atoms with Crippen LogP contribution in [0.15, 0.2) is 18.2 Å². The lowest BCUT2D eigenvalue weighted by Crippen LogP contribution is -2.26. The van der Waals surface area contributed by atoms with Crippen LogP contribution in [0.5, 0.6) is 11.5 Å². The largest absolute Gasteiger partial charge is 0.504 e. The number of rotatable bonds is 4. The first-order chi connectivity index (χ1) is 6.69. The summed E-state index contributed by atoms with van der Waals surface area (Å²) in [5.41, 5.74) is 6.39. The number of phenolic OH excluding ortho intramolecular Hbond substituents is 1. The van der Waals surface area contributed by atoms with Crippen molar-refractivity contribution >= 4 is 0 Å². The summed E-state index contributed by atoms with van der Waals surface area (Å²) in [5, 5.41) is 18.2. The van der Waals surface area contributed by atoms with Crippen LogP contribution in [0.2, 0.25) is 0 Å². The molecule has 1 unspecified atom stereocenters. The highest BCUT2D eigenvalue weighted by atomic mass is 16.5. The standard InChI is InChI=1S/C10H15NO3/c1-14-10-7(5-8(11)6-12)3-2-4-9(10)13/h2-4,8,12-13H,5-6,11H2,1H3. The van der Waals surface area contributed by atoms with Gasteiger partial charge < -0.3 is 20.7 Å². The van der Waals surface area contributed by atoms with Crippen molar-refractivity contribution in [3.8, 4) is 11.5 Å². The van der Waals surface area contributed by atoms with Gasteiger partial charge in [-0.25, -0.2) is 0 Å². The van der Waals surface area contributed by atoms with Crippen molar-refractivity contribution in [2.24, 2.45) is 5.73 Å². The molecule has 0 spiro atoms. The van der Waals surface area contributed by atoms with E-state index in [2.05, 4.69) is 0 Å². The molecule has 4 heteroatoms. The van der Waals surface area contributed by atoms with Crippen LogP contribution in [0.25, 0.3) is 0 Å². The predicted molar refractivity (Wildman–Crippen MR) is 53.4 cm³/mol. The second kappa shape index (κ2) is 4.83. The Hall–Kier alpha value is -1.26. The summed E-state index contributed by atoms with van der Waals surface area (Å²) in [6.45, 7) is -0.0845. The smallest absolute Gasteiger partial charge is 0.163 e. The lowest BCUT2D eigenvalue weighted by atomic mass is 10.1. The van der Waals surface area contributed by atoms with Crippen molar-refractivity contribution in [1.29, 1.82) is 0 Å². The monoisotopic (exact) mass is 197 g/mol. The number of hydrogen-bond acceptors (Lipinski definition) is 4. The van der Waals surface area contributed by atoms with Crippen LogP contribution in [0, 0.1) is 0 Å². The first kappa shape index (κ1) is 10.8. The molecule has 0 aliphatic rings. The van der Waals surface area contributed by atoms with Gasteiger partial charge in [-0.15, -0.1) is 0 Å². The Morgan fingerprint density at radius 3 is 2.79 bits per heavy atom. The molecule has 78 valence electrons. The maximum Gasteiger partial charge on any atom is 0.163 e. The number of aliphatic hydroxyl groups excluding tert-OH is 1. The van der Waals surface area contributed by atoms with Gasteiger partial charge in [0.05, 0.1) is 13.7 Å². The van der Waals surface area contributed by atoms with Crippen molar-refractivity contribution < 1.29 is 14.9 Å². The molecule has 1 atom stereocenters. The number of hydrogen-bond donors (Lipinski definition) is 3. The quantitative estimate of drug-likeness (QED) is 0.647. The SMILES string of the molecule is COc1c(O)cccc1CC(N)CO. The van der Waals surface area contributed by atoms with E-state index < -0.39 is 0 Å². The predicted octanol–water partition coefficient (Wildman–Crippen LogP) is 0.263. The molecule has 0 fully saturated rings. The second-order valence-electron chi connectivity index (χ2n) is 3.12. The first-order valence-electron chi connectivity index (χ1n) is 4.40. The molecular formula is C10H15NO3. The highest BCUT2D eigenvalue weighted by molar-refractivity contribution is 5.45. The molecule has 0 saturated carbocycles. The van der Waals surface area contributed by atoms with E-state index in [1.807, 2.05) is 6.07 Å². The fourth-order valence-electron chi connectivity index (χ4n) is 1.31. The maximum absolute atomic E-state index is 9.45. The van der Waals surface area contributed by atoms with E-state index >= 15 is 0 Å². The molecule has 0 aliphatic heterocycles. The Balaban J connectivity index is 2.90. The number of aromatic hydroxyl groups is 1. The summed E-state index contributed by atoms with van der Waals surface area (Å²) in [5.74, 6) is 0.520. The van der Waals surface area contributed by atoms with Crippen molar-refractivity contribution in [2.45, 2.75) is 12.5 Å². The van der Waals surface area contributed by atoms with Gasteiger partial charge in [0.1, 0.15) is 0 Å². The van der Waals surface area contributed by atoms with Crippen LogP contribution in [0.4, 0.5) is 0 Å². The summed E-state index contributed by atoms with van der Waals surface area (Å²) in [6.07, 6.45) is 0.480. The number of ether oxygens (including phenoxy) is 1. The zero-order chi connectivity index (χ0) is 10.6. The van der Waals surface area contributed by atoms with Gasteiger partial charge in [-0.2, -0.15) is 0 Å². The van der Waals surface area contributed by atoms with Gasteiger partial charge >= 0.3 is 0 Å². The molecule has 0 aliphatic carbocycles. The van der Waals surface area contributed by atoms with E-state index in [1.165, 1.54) is 7.11 Å². The summed E-state index contributed by atoms with van der Waals surface area (Å²) in [4.78, 5) is 0. The topological polar surface area (TPSA) is 75.7 Å². The van der Waals surface area contributed by atoms with E-state index in [-0.39, 0.29) is 18.4 Å². The molecule has 0 amide bonds. The van der Waals surface area contributed by atoms with Crippen molar-refractivity contribution in [1.82, 2.24) is 0 Å². The normalized spacial score (nSPS) is 12.5. The number of nitrogens with two attached hydrogens (primary N) is 1. The van der Waals surface area contributed by atoms with E-state index in [4.69, 9.17) is 15.6 Å². The highest BCUT2D eigenvalue weighted by Crippen LogP contribution is 2.30. The lowest BCUT2D eigenvalue weighted by Gasteiger charge is -2.12. The van der Waals surface area contributed by atoms with Crippen LogP contribution in [0.3, 0.4) is 0 Å². The molecule has 1 aromatic rings. The zero-order valence-corrected chi connectivity index (χ0v) is 8.10. The summed E-state index contributed by atoms with van der Waals surface area (Å²) in [7, 11) is 1.49. The van der Waals surface area contributed by atoms with Gasteiger partial charge in [-0.1, -0.05) is 12.1 Å². The minimum absolute atomic E-state index is 0.0845. The second-order valence-corrected chi connectivity index (χ2v) is 3.12. The van der Waals surface area contributed by atoms with Crippen molar-refractivity contribution in [2.75, 3.05) is 13.7 Å². The van der Waals surface area contributed by atoms with Gasteiger partial charge in [0, 0.05) is 6.04 Å². The molecule has 0 bridgehead atoms. The van der Waals surface area contributed by atoms with Crippen molar-refractivity contribution in [3.63, 3.8) is 0 Å². The minimum Gasteiger partial charge on any atom is -0.504 e. The average molecular weight is 197 g/mol. The molecule has 4 N–H and O–H groups in total. The van der Waals surface area contributed by atoms with Crippen LogP contribution >= 0.6 is 0 Å². The van der Waals surface area contributed by atoms with E-state index in [0.717, 1.165) is 5.56 Å². The lowest BCUT2D eigenvalue weighted by molar-refractivity contribution is 0.264. The molecule has 0 radical (unpaired) electrons. The zero-order valence-electron chi connectivity index (χ0n) is 8.10. The Morgan fingerprint density at radius 1 is 1.50 bits per heavy atom. The highest BCUT2D eigenvalue weighted by Gasteiger charge is 2.10. The van der Waals surface area contributed by atoms with E-state index in [1.54, 1.807) is 12.1 Å². The summed E-state index contributed by atoms with van der Waals surface area (Å²) in [6, 6.07) is 4.75. The molecule has 1 aromatic carbocycles. The van der Waals surface area contributed by atoms with Crippen molar-refractivity contribution in [3.05, 3.63) is 23.8 Å². The number of para-hydroxylation sites is 1. The molecule has 4 nitrogen and oxygen atoms in total. The molecule has 0 aromatic heterocycles. The number of benzene rings is 1. The first-order valence-corrected chi connectivity index (χ1v) is 4.40. The fraction of sp³-hybridized carbons (Fsp3) is 0.400. The third-order valence-corrected chi connectivity index (χ3v) is 2.00. The fourth-order valence-corrected chi connectivity index (χ4v) is 1.31. The Bertz CT molecular complexity index is 301. The average Bonchev–Trinajstić information content (AvgIpc) is 2.18. The minimum atomic E-state index is -0.328. The molecule has 0 heterocycles. The molecule has 0 saturated heterocycles. The number of phenols is 1. The van der Waals surface area contributed by atoms with Crippen LogP contribution in [-0.2, 0) is 6.42 Å². The van der Waals surface area contributed by atoms with Crippen LogP contribution in [0.1, 0.15) is 5.56 Å². The Labute approximate surface area is 82.9 Å². The third kappa shape index (κ3) is 2.37. The van der Waals surface area contributed by atoms with Crippen LogP contribution in [-0.4, -0.2) is 30.0 Å². The Kier molecular flexibility index (Phi) is 3.73.